The Morgan fingerprint density at radius 3 is 1.96 bits per heavy atom. The van der Waals surface area contributed by atoms with Crippen LogP contribution in [0.15, 0.2) is 24.3 Å². The molecule has 1 amide bonds. The van der Waals surface area contributed by atoms with Crippen molar-refractivity contribution in [1.82, 2.24) is 5.32 Å². The number of alkyl carbamates (subject to hydrolysis) is 1. The topological polar surface area (TPSA) is 90.9 Å². The van der Waals surface area contributed by atoms with Crippen molar-refractivity contribution in [1.29, 1.82) is 0 Å². The van der Waals surface area contributed by atoms with Gasteiger partial charge < -0.3 is 19.5 Å². The van der Waals surface area contributed by atoms with Gasteiger partial charge in [0.05, 0.1) is 12.2 Å². The molecule has 0 radical (unpaired) electrons. The summed E-state index contributed by atoms with van der Waals surface area (Å²) in [6.45, 7) is 12.1. The lowest BCUT2D eigenvalue weighted by Gasteiger charge is -2.26. The summed E-state index contributed by atoms with van der Waals surface area (Å²) in [6, 6.07) is 5.18. The second kappa shape index (κ2) is 8.99. The fourth-order valence-corrected chi connectivity index (χ4v) is 2.02. The van der Waals surface area contributed by atoms with Crippen molar-refractivity contribution in [2.24, 2.45) is 0 Å². The van der Waals surface area contributed by atoms with Crippen molar-refractivity contribution in [2.45, 2.75) is 65.7 Å². The molecule has 0 aliphatic carbocycles. The number of rotatable bonds is 6. The van der Waals surface area contributed by atoms with E-state index in [9.17, 15) is 14.4 Å². The Morgan fingerprint density at radius 1 is 0.963 bits per heavy atom. The van der Waals surface area contributed by atoms with E-state index in [1.165, 1.54) is 31.2 Å². The molecule has 1 aromatic carbocycles. The lowest BCUT2D eigenvalue weighted by molar-refractivity contribution is -0.131. The number of ketones is 1. The molecule has 0 saturated carbocycles. The summed E-state index contributed by atoms with van der Waals surface area (Å²) in [5, 5.41) is 2.57. The summed E-state index contributed by atoms with van der Waals surface area (Å²) in [4.78, 5) is 35.9. The first kappa shape index (κ1) is 22.6. The van der Waals surface area contributed by atoms with E-state index >= 15 is 0 Å². The Balaban J connectivity index is 2.94. The number of hydrogen-bond acceptors (Lipinski definition) is 6. The monoisotopic (exact) mass is 379 g/mol. The molecule has 7 heteroatoms. The maximum Gasteiger partial charge on any atom is 0.408 e. The van der Waals surface area contributed by atoms with Gasteiger partial charge in [0.1, 0.15) is 17.4 Å². The summed E-state index contributed by atoms with van der Waals surface area (Å²) >= 11 is 0. The molecule has 0 heterocycles. The molecule has 0 spiro atoms. The predicted octanol–water partition coefficient (Wildman–Crippen LogP) is 3.50. The molecule has 0 fully saturated rings. The lowest BCUT2D eigenvalue weighted by Crippen LogP contribution is -2.47. The highest BCUT2D eigenvalue weighted by molar-refractivity contribution is 6.01. The third-order valence-electron chi connectivity index (χ3n) is 3.09. The average Bonchev–Trinajstić information content (AvgIpc) is 2.48. The van der Waals surface area contributed by atoms with Crippen LogP contribution in [0.5, 0.6) is 5.75 Å². The molecule has 1 unspecified atom stereocenters. The largest absolute Gasteiger partial charge is 0.444 e. The number of hydrogen-bond donors (Lipinski definition) is 1. The quantitative estimate of drug-likeness (QED) is 0.462. The molecule has 0 aliphatic rings. The van der Waals surface area contributed by atoms with E-state index < -0.39 is 29.3 Å². The highest BCUT2D eigenvalue weighted by Crippen LogP contribution is 2.16. The molecule has 1 rings (SSSR count). The van der Waals surface area contributed by atoms with E-state index in [1.54, 1.807) is 20.8 Å². The average molecular weight is 379 g/mol. The van der Waals surface area contributed by atoms with Crippen LogP contribution in [0.25, 0.3) is 0 Å². The molecule has 0 aliphatic heterocycles. The minimum Gasteiger partial charge on any atom is -0.444 e. The van der Waals surface area contributed by atoms with Crippen molar-refractivity contribution in [3.8, 4) is 5.75 Å². The molecule has 150 valence electrons. The number of ether oxygens (including phenoxy) is 3. The van der Waals surface area contributed by atoms with Gasteiger partial charge in [-0.1, -0.05) is 0 Å². The van der Waals surface area contributed by atoms with Crippen molar-refractivity contribution in [2.75, 3.05) is 6.61 Å². The zero-order valence-corrected chi connectivity index (χ0v) is 17.0. The predicted molar refractivity (Wildman–Crippen MR) is 101 cm³/mol. The normalized spacial score (nSPS) is 12.9. The number of amides is 1. The lowest BCUT2D eigenvalue weighted by atomic mass is 10.0. The Labute approximate surface area is 160 Å². The van der Waals surface area contributed by atoms with Gasteiger partial charge >= 0.3 is 12.1 Å². The first-order valence-electron chi connectivity index (χ1n) is 8.73. The zero-order chi connectivity index (χ0) is 20.8. The Hall–Kier alpha value is -2.41. The Bertz CT molecular complexity index is 667. The van der Waals surface area contributed by atoms with Crippen LogP contribution in [0, 0.1) is 0 Å². The van der Waals surface area contributed by atoms with Crippen LogP contribution < -0.4 is 10.1 Å². The first-order chi connectivity index (χ1) is 12.3. The fourth-order valence-electron chi connectivity index (χ4n) is 2.02. The van der Waals surface area contributed by atoms with Crippen molar-refractivity contribution < 1.29 is 28.6 Å². The molecular weight excluding hydrogens is 350 g/mol. The van der Waals surface area contributed by atoms with E-state index in [2.05, 4.69) is 5.32 Å². The zero-order valence-electron chi connectivity index (χ0n) is 17.0. The number of esters is 1. The highest BCUT2D eigenvalue weighted by Gasteiger charge is 2.27. The van der Waals surface area contributed by atoms with Crippen LogP contribution in [0.2, 0.25) is 0 Å². The maximum absolute atomic E-state index is 12.8. The SMILES string of the molecule is CC(=O)Oc1ccc(C(=O)C(COC(C)(C)C)NC(=O)OC(C)(C)C)cc1. The molecular formula is C20H29NO6. The maximum atomic E-state index is 12.8. The molecule has 7 nitrogen and oxygen atoms in total. The number of nitrogens with one attached hydrogen (secondary N) is 1. The molecule has 1 atom stereocenters. The smallest absolute Gasteiger partial charge is 0.408 e. The van der Waals surface area contributed by atoms with Gasteiger partial charge in [0.25, 0.3) is 0 Å². The minimum atomic E-state index is -0.918. The van der Waals surface area contributed by atoms with Gasteiger partial charge in [-0.15, -0.1) is 0 Å². The van der Waals surface area contributed by atoms with Crippen molar-refractivity contribution in [3.63, 3.8) is 0 Å². The van der Waals surface area contributed by atoms with Gasteiger partial charge in [-0.05, 0) is 65.8 Å². The Kier molecular flexibility index (Phi) is 7.54. The van der Waals surface area contributed by atoms with Crippen LogP contribution in [0.4, 0.5) is 4.79 Å². The van der Waals surface area contributed by atoms with E-state index in [0.717, 1.165) is 0 Å². The number of carbonyl (C=O) groups excluding carboxylic acids is 3. The summed E-state index contributed by atoms with van der Waals surface area (Å²) in [5.41, 5.74) is -0.814. The van der Waals surface area contributed by atoms with Gasteiger partial charge in [-0.25, -0.2) is 4.79 Å². The van der Waals surface area contributed by atoms with Crippen LogP contribution in [-0.2, 0) is 14.3 Å². The molecule has 0 saturated heterocycles. The second-order valence-electron chi connectivity index (χ2n) is 8.10. The first-order valence-corrected chi connectivity index (χ1v) is 8.73. The summed E-state index contributed by atoms with van der Waals surface area (Å²) in [5.74, 6) is -0.446. The van der Waals surface area contributed by atoms with E-state index in [0.29, 0.717) is 11.3 Å². The number of Topliss-reactive ketones (excluding diaryl/α,β-unsaturated/α-hetero) is 1. The summed E-state index contributed by atoms with van der Waals surface area (Å²) < 4.78 is 15.9. The minimum absolute atomic E-state index is 0.00667. The van der Waals surface area contributed by atoms with Crippen LogP contribution in [-0.4, -0.2) is 41.7 Å². The molecule has 1 aromatic rings. The van der Waals surface area contributed by atoms with Gasteiger partial charge in [0.15, 0.2) is 5.78 Å². The van der Waals surface area contributed by atoms with Gasteiger partial charge in [0.2, 0.25) is 0 Å². The highest BCUT2D eigenvalue weighted by atomic mass is 16.6. The van der Waals surface area contributed by atoms with Gasteiger partial charge in [0, 0.05) is 12.5 Å². The van der Waals surface area contributed by atoms with Crippen LogP contribution in [0.1, 0.15) is 58.8 Å². The van der Waals surface area contributed by atoms with Crippen molar-refractivity contribution >= 4 is 17.8 Å². The third-order valence-corrected chi connectivity index (χ3v) is 3.09. The molecule has 0 aromatic heterocycles. The third kappa shape index (κ3) is 9.19. The standard InChI is InChI=1S/C20H29NO6/c1-13(22)26-15-10-8-14(9-11-15)17(23)16(12-25-19(2,3)4)21-18(24)27-20(5,6)7/h8-11,16H,12H2,1-7H3,(H,21,24). The van der Waals surface area contributed by atoms with E-state index in [1.807, 2.05) is 20.8 Å². The number of carbonyl (C=O) groups is 3. The van der Waals surface area contributed by atoms with Gasteiger partial charge in [-0.2, -0.15) is 0 Å². The molecule has 27 heavy (non-hydrogen) atoms. The summed E-state index contributed by atoms with van der Waals surface area (Å²) in [7, 11) is 0. The number of benzene rings is 1. The van der Waals surface area contributed by atoms with Crippen LogP contribution >= 0.6 is 0 Å². The van der Waals surface area contributed by atoms with E-state index in [-0.39, 0.29) is 12.4 Å². The van der Waals surface area contributed by atoms with E-state index in [4.69, 9.17) is 14.2 Å². The fraction of sp³-hybridized carbons (Fsp3) is 0.550. The molecule has 0 bridgehead atoms. The summed E-state index contributed by atoms with van der Waals surface area (Å²) in [6.07, 6.45) is -0.699. The van der Waals surface area contributed by atoms with Crippen LogP contribution in [0.3, 0.4) is 0 Å². The van der Waals surface area contributed by atoms with Crippen molar-refractivity contribution in [3.05, 3.63) is 29.8 Å². The molecule has 1 N–H and O–H groups in total. The Morgan fingerprint density at radius 2 is 1.52 bits per heavy atom. The van der Waals surface area contributed by atoms with Gasteiger partial charge in [-0.3, -0.25) is 9.59 Å². The second-order valence-corrected chi connectivity index (χ2v) is 8.10.